The van der Waals surface area contributed by atoms with Crippen molar-refractivity contribution in [3.63, 3.8) is 0 Å². The molecule has 0 aliphatic rings. The zero-order chi connectivity index (χ0) is 31.1. The Hall–Kier alpha value is -3.85. The summed E-state index contributed by atoms with van der Waals surface area (Å²) in [7, 11) is -2.69. The minimum absolute atomic E-state index is 0.0419. The first-order valence-electron chi connectivity index (χ1n) is 13.6. The van der Waals surface area contributed by atoms with Gasteiger partial charge in [-0.2, -0.15) is 0 Å². The summed E-state index contributed by atoms with van der Waals surface area (Å²) in [6.45, 7) is 3.02. The third-order valence-corrected chi connectivity index (χ3v) is 9.58. The molecule has 0 aliphatic heterocycles. The van der Waals surface area contributed by atoms with Gasteiger partial charge in [-0.05, 0) is 61.4 Å². The van der Waals surface area contributed by atoms with Gasteiger partial charge in [-0.3, -0.25) is 13.9 Å². The summed E-state index contributed by atoms with van der Waals surface area (Å²) >= 11 is 13.0. The second-order valence-electron chi connectivity index (χ2n) is 10.2. The minimum Gasteiger partial charge on any atom is -0.357 e. The first-order valence-corrected chi connectivity index (χ1v) is 15.8. The van der Waals surface area contributed by atoms with Gasteiger partial charge in [-0.1, -0.05) is 89.4 Å². The van der Waals surface area contributed by atoms with E-state index in [0.29, 0.717) is 21.3 Å². The highest BCUT2D eigenvalue weighted by atomic mass is 35.5. The number of rotatable bonds is 11. The number of carbonyl (C=O) groups excluding carboxylic acids is 2. The summed E-state index contributed by atoms with van der Waals surface area (Å²) in [6.07, 6.45) is 0.184. The first-order chi connectivity index (χ1) is 20.5. The number of likely N-dealkylation sites (N-methyl/N-ethyl adjacent to an activating group) is 1. The molecule has 0 saturated carbocycles. The molecule has 0 fully saturated rings. The molecule has 43 heavy (non-hydrogen) atoms. The Morgan fingerprint density at radius 1 is 0.814 bits per heavy atom. The molecule has 0 unspecified atom stereocenters. The zero-order valence-electron chi connectivity index (χ0n) is 24.1. The Bertz CT molecular complexity index is 1680. The number of benzene rings is 4. The average molecular weight is 639 g/mol. The van der Waals surface area contributed by atoms with Gasteiger partial charge in [-0.15, -0.1) is 0 Å². The largest absolute Gasteiger partial charge is 0.357 e. The average Bonchev–Trinajstić information content (AvgIpc) is 2.99. The van der Waals surface area contributed by atoms with Crippen LogP contribution in [0.3, 0.4) is 0 Å². The minimum atomic E-state index is -4.18. The third kappa shape index (κ3) is 7.76. The van der Waals surface area contributed by atoms with Crippen LogP contribution in [0.25, 0.3) is 0 Å². The molecule has 1 atom stereocenters. The molecule has 2 amide bonds. The fraction of sp³-hybridized carbons (Fsp3) is 0.212. The lowest BCUT2D eigenvalue weighted by Crippen LogP contribution is -2.53. The number of carbonyl (C=O) groups is 2. The lowest BCUT2D eigenvalue weighted by Gasteiger charge is -2.34. The van der Waals surface area contributed by atoms with Crippen molar-refractivity contribution in [2.45, 2.75) is 37.8 Å². The van der Waals surface area contributed by atoms with E-state index in [1.807, 2.05) is 50.2 Å². The zero-order valence-corrected chi connectivity index (χ0v) is 26.5. The molecular weight excluding hydrogens is 605 g/mol. The lowest BCUT2D eigenvalue weighted by atomic mass is 10.0. The smallest absolute Gasteiger partial charge is 0.264 e. The van der Waals surface area contributed by atoms with Crippen LogP contribution < -0.4 is 9.62 Å². The Morgan fingerprint density at radius 3 is 2.05 bits per heavy atom. The monoisotopic (exact) mass is 637 g/mol. The van der Waals surface area contributed by atoms with Gasteiger partial charge in [-0.25, -0.2) is 8.42 Å². The Kier molecular flexibility index (Phi) is 10.5. The number of halogens is 2. The molecule has 7 nitrogen and oxygen atoms in total. The van der Waals surface area contributed by atoms with Gasteiger partial charge in [0.1, 0.15) is 12.6 Å². The van der Waals surface area contributed by atoms with Crippen LogP contribution in [0.1, 0.15) is 22.3 Å². The fourth-order valence-corrected chi connectivity index (χ4v) is 6.65. The van der Waals surface area contributed by atoms with E-state index in [4.69, 9.17) is 23.2 Å². The summed E-state index contributed by atoms with van der Waals surface area (Å²) in [5.74, 6) is -1.01. The van der Waals surface area contributed by atoms with Crippen LogP contribution in [0.15, 0.2) is 102 Å². The van der Waals surface area contributed by atoms with Gasteiger partial charge in [0.05, 0.1) is 10.6 Å². The molecule has 224 valence electrons. The van der Waals surface area contributed by atoms with Crippen LogP contribution in [0.4, 0.5) is 5.69 Å². The highest BCUT2D eigenvalue weighted by Gasteiger charge is 2.35. The van der Waals surface area contributed by atoms with Gasteiger partial charge in [0.25, 0.3) is 10.0 Å². The van der Waals surface area contributed by atoms with Gasteiger partial charge < -0.3 is 10.2 Å². The molecule has 10 heteroatoms. The number of anilines is 1. The maximum absolute atomic E-state index is 14.4. The van der Waals surface area contributed by atoms with Crippen molar-refractivity contribution in [1.82, 2.24) is 10.2 Å². The van der Waals surface area contributed by atoms with Crippen molar-refractivity contribution in [3.05, 3.63) is 129 Å². The molecule has 0 aromatic heterocycles. The van der Waals surface area contributed by atoms with E-state index in [1.54, 1.807) is 48.5 Å². The molecule has 4 aromatic carbocycles. The van der Waals surface area contributed by atoms with E-state index in [9.17, 15) is 18.0 Å². The van der Waals surface area contributed by atoms with Gasteiger partial charge >= 0.3 is 0 Å². The van der Waals surface area contributed by atoms with Gasteiger partial charge in [0, 0.05) is 35.6 Å². The van der Waals surface area contributed by atoms with Crippen LogP contribution in [-0.2, 0) is 32.6 Å². The molecule has 4 rings (SSSR count). The molecule has 0 aliphatic carbocycles. The van der Waals surface area contributed by atoms with Crippen molar-refractivity contribution in [1.29, 1.82) is 0 Å². The number of nitrogens with zero attached hydrogens (tertiary/aromatic N) is 2. The topological polar surface area (TPSA) is 86.8 Å². The van der Waals surface area contributed by atoms with Crippen molar-refractivity contribution in [2.24, 2.45) is 0 Å². The van der Waals surface area contributed by atoms with E-state index in [2.05, 4.69) is 5.32 Å². The van der Waals surface area contributed by atoms with Crippen molar-refractivity contribution >= 4 is 50.7 Å². The molecule has 0 spiro atoms. The number of nitrogens with one attached hydrogen (secondary N) is 1. The van der Waals surface area contributed by atoms with E-state index < -0.39 is 34.4 Å². The first kappa shape index (κ1) is 32.1. The maximum atomic E-state index is 14.4. The van der Waals surface area contributed by atoms with Crippen LogP contribution in [0, 0.1) is 13.8 Å². The van der Waals surface area contributed by atoms with Gasteiger partial charge in [0.2, 0.25) is 11.8 Å². The Morgan fingerprint density at radius 2 is 1.44 bits per heavy atom. The summed E-state index contributed by atoms with van der Waals surface area (Å²) in [5.41, 5.74) is 3.31. The lowest BCUT2D eigenvalue weighted by molar-refractivity contribution is -0.139. The highest BCUT2D eigenvalue weighted by Crippen LogP contribution is 2.29. The second-order valence-corrected chi connectivity index (χ2v) is 12.9. The highest BCUT2D eigenvalue weighted by molar-refractivity contribution is 7.92. The van der Waals surface area contributed by atoms with Crippen LogP contribution in [-0.4, -0.2) is 44.8 Å². The van der Waals surface area contributed by atoms with Crippen molar-refractivity contribution in [2.75, 3.05) is 17.9 Å². The quantitative estimate of drug-likeness (QED) is 0.212. The Balaban J connectivity index is 1.82. The molecule has 0 bridgehead atoms. The number of hydrogen-bond donors (Lipinski definition) is 1. The predicted molar refractivity (Wildman–Crippen MR) is 172 cm³/mol. The summed E-state index contributed by atoms with van der Waals surface area (Å²) in [4.78, 5) is 29.1. The molecule has 0 heterocycles. The maximum Gasteiger partial charge on any atom is 0.264 e. The van der Waals surface area contributed by atoms with Crippen molar-refractivity contribution in [3.8, 4) is 0 Å². The van der Waals surface area contributed by atoms with E-state index in [-0.39, 0.29) is 17.9 Å². The molecule has 0 radical (unpaired) electrons. The predicted octanol–water partition coefficient (Wildman–Crippen LogP) is 6.19. The van der Waals surface area contributed by atoms with E-state index in [1.165, 1.54) is 24.1 Å². The molecule has 0 saturated heterocycles. The fourth-order valence-electron chi connectivity index (χ4n) is 4.72. The van der Waals surface area contributed by atoms with Crippen LogP contribution in [0.5, 0.6) is 0 Å². The summed E-state index contributed by atoms with van der Waals surface area (Å²) < 4.78 is 29.2. The summed E-state index contributed by atoms with van der Waals surface area (Å²) in [6, 6.07) is 26.6. The standard InChI is InChI=1S/C33H33Cl2N3O4S/c1-23-15-17-27(18-16-23)43(41,42)38(26-12-7-9-24(2)19-26)22-32(39)37(21-28-29(34)13-8-14-30(28)35)31(33(40)36-3)20-25-10-5-4-6-11-25/h4-19,31H,20-22H2,1-3H3,(H,36,40)/t31-/m1/s1. The van der Waals surface area contributed by atoms with Gasteiger partial charge in [0.15, 0.2) is 0 Å². The molecule has 4 aromatic rings. The summed E-state index contributed by atoms with van der Waals surface area (Å²) in [5, 5.41) is 3.30. The normalized spacial score (nSPS) is 11.9. The second kappa shape index (κ2) is 14.1. The third-order valence-electron chi connectivity index (χ3n) is 7.09. The van der Waals surface area contributed by atoms with Crippen LogP contribution >= 0.6 is 23.2 Å². The molecular formula is C33H33Cl2N3O4S. The number of aryl methyl sites for hydroxylation is 2. The van der Waals surface area contributed by atoms with Crippen LogP contribution in [0.2, 0.25) is 10.0 Å². The molecule has 1 N–H and O–H groups in total. The Labute approximate surface area is 263 Å². The van der Waals surface area contributed by atoms with E-state index >= 15 is 0 Å². The number of amides is 2. The SMILES string of the molecule is CNC(=O)[C@@H](Cc1ccccc1)N(Cc1c(Cl)cccc1Cl)C(=O)CN(c1cccc(C)c1)S(=O)(=O)c1ccc(C)cc1. The van der Waals surface area contributed by atoms with Crippen molar-refractivity contribution < 1.29 is 18.0 Å². The van der Waals surface area contributed by atoms with E-state index in [0.717, 1.165) is 21.0 Å². The number of hydrogen-bond acceptors (Lipinski definition) is 4. The number of sulfonamides is 1.